The van der Waals surface area contributed by atoms with Gasteiger partial charge in [-0.05, 0) is 51.3 Å². The van der Waals surface area contributed by atoms with Gasteiger partial charge in [-0.3, -0.25) is 9.48 Å². The van der Waals surface area contributed by atoms with Crippen molar-refractivity contribution in [1.82, 2.24) is 15.1 Å². The Morgan fingerprint density at radius 1 is 1.27 bits per heavy atom. The highest BCUT2D eigenvalue weighted by Gasteiger charge is 2.20. The van der Waals surface area contributed by atoms with Gasteiger partial charge in [0.1, 0.15) is 5.75 Å². The lowest BCUT2D eigenvalue weighted by Gasteiger charge is -2.29. The van der Waals surface area contributed by atoms with Crippen LogP contribution in [0.15, 0.2) is 24.4 Å². The number of aryl methyl sites for hydroxylation is 2. The summed E-state index contributed by atoms with van der Waals surface area (Å²) in [6.07, 6.45) is 5.62. The van der Waals surface area contributed by atoms with Gasteiger partial charge in [0, 0.05) is 37.6 Å². The van der Waals surface area contributed by atoms with E-state index in [2.05, 4.69) is 15.3 Å². The highest BCUT2D eigenvalue weighted by atomic mass is 16.5. The molecule has 3 rings (SSSR count). The molecule has 0 unspecified atom stereocenters. The lowest BCUT2D eigenvalue weighted by Crippen LogP contribution is -2.30. The third kappa shape index (κ3) is 3.84. The van der Waals surface area contributed by atoms with Crippen molar-refractivity contribution < 1.29 is 9.53 Å². The van der Waals surface area contributed by atoms with Crippen LogP contribution in [0.1, 0.15) is 53.8 Å². The van der Waals surface area contributed by atoms with E-state index in [9.17, 15) is 4.79 Å². The molecule has 26 heavy (non-hydrogen) atoms. The van der Waals surface area contributed by atoms with Crippen LogP contribution in [0.2, 0.25) is 0 Å². The number of methoxy groups -OCH3 is 1. The van der Waals surface area contributed by atoms with Crippen LogP contribution in [-0.4, -0.2) is 35.9 Å². The van der Waals surface area contributed by atoms with Crippen molar-refractivity contribution in [3.8, 4) is 5.75 Å². The molecule has 0 saturated carbocycles. The van der Waals surface area contributed by atoms with Crippen LogP contribution in [0.25, 0.3) is 0 Å². The zero-order valence-electron chi connectivity index (χ0n) is 16.1. The van der Waals surface area contributed by atoms with E-state index in [-0.39, 0.29) is 11.9 Å². The molecule has 1 saturated heterocycles. The summed E-state index contributed by atoms with van der Waals surface area (Å²) < 4.78 is 7.20. The lowest BCUT2D eigenvalue weighted by molar-refractivity contribution is 0.0937. The number of carbonyl (C=O) groups excluding carboxylic acids is 1. The number of hydrogen-bond donors (Lipinski definition) is 1. The van der Waals surface area contributed by atoms with Crippen LogP contribution in [0.5, 0.6) is 5.75 Å². The summed E-state index contributed by atoms with van der Waals surface area (Å²) in [7, 11) is 3.48. The molecular weight excluding hydrogens is 328 g/mol. The molecule has 6 nitrogen and oxygen atoms in total. The molecule has 0 spiro atoms. The van der Waals surface area contributed by atoms with Gasteiger partial charge in [0.25, 0.3) is 5.91 Å². The molecule has 1 N–H and O–H groups in total. The molecule has 140 valence electrons. The number of benzene rings is 1. The molecule has 1 fully saturated rings. The topological polar surface area (TPSA) is 59.4 Å². The largest absolute Gasteiger partial charge is 0.496 e. The van der Waals surface area contributed by atoms with Crippen molar-refractivity contribution >= 4 is 11.6 Å². The molecule has 0 radical (unpaired) electrons. The zero-order chi connectivity index (χ0) is 18.7. The van der Waals surface area contributed by atoms with Gasteiger partial charge >= 0.3 is 0 Å². The Bertz CT molecular complexity index is 778. The molecule has 1 aromatic carbocycles. The first-order chi connectivity index (χ1) is 12.5. The quantitative estimate of drug-likeness (QED) is 0.894. The second-order valence-corrected chi connectivity index (χ2v) is 6.97. The minimum Gasteiger partial charge on any atom is -0.496 e. The molecule has 2 aromatic rings. The standard InChI is InChI=1S/C20H28N4O2/c1-14(18-13-23(3)22-15(18)2)21-20(25)17-12-16(8-9-19(17)26-4)24-10-6-5-7-11-24/h8-9,12-14H,5-7,10-11H2,1-4H3,(H,21,25)/t14-/m0/s1. The Kier molecular flexibility index (Phi) is 5.49. The Labute approximate surface area is 155 Å². The third-order valence-corrected chi connectivity index (χ3v) is 5.01. The number of nitrogens with zero attached hydrogens (tertiary/aromatic N) is 3. The predicted octanol–water partition coefficient (Wildman–Crippen LogP) is 3.22. The number of hydrogen-bond acceptors (Lipinski definition) is 4. The fraction of sp³-hybridized carbons (Fsp3) is 0.500. The Hall–Kier alpha value is -2.50. The molecular formula is C20H28N4O2. The molecule has 6 heteroatoms. The average molecular weight is 356 g/mol. The first kappa shape index (κ1) is 18.3. The normalized spacial score (nSPS) is 15.6. The summed E-state index contributed by atoms with van der Waals surface area (Å²) in [5.41, 5.74) is 3.60. The Balaban J connectivity index is 1.81. The summed E-state index contributed by atoms with van der Waals surface area (Å²) >= 11 is 0. The smallest absolute Gasteiger partial charge is 0.255 e. The number of rotatable bonds is 5. The summed E-state index contributed by atoms with van der Waals surface area (Å²) in [6, 6.07) is 5.75. The maximum atomic E-state index is 12.9. The van der Waals surface area contributed by atoms with Crippen molar-refractivity contribution in [2.45, 2.75) is 39.2 Å². The predicted molar refractivity (Wildman–Crippen MR) is 103 cm³/mol. The number of nitrogens with one attached hydrogen (secondary N) is 1. The third-order valence-electron chi connectivity index (χ3n) is 5.01. The second-order valence-electron chi connectivity index (χ2n) is 6.97. The summed E-state index contributed by atoms with van der Waals surface area (Å²) in [5.74, 6) is 0.467. The molecule has 0 aliphatic carbocycles. The van der Waals surface area contributed by atoms with E-state index in [1.165, 1.54) is 19.3 Å². The highest BCUT2D eigenvalue weighted by molar-refractivity contribution is 5.98. The first-order valence-electron chi connectivity index (χ1n) is 9.23. The van der Waals surface area contributed by atoms with E-state index in [1.54, 1.807) is 11.8 Å². The molecule has 1 aliphatic heterocycles. The fourth-order valence-corrected chi connectivity index (χ4v) is 3.62. The average Bonchev–Trinajstić information content (AvgIpc) is 3.00. The minimum atomic E-state index is -0.128. The van der Waals surface area contributed by atoms with Crippen LogP contribution >= 0.6 is 0 Å². The first-order valence-corrected chi connectivity index (χ1v) is 9.23. The number of amides is 1. The van der Waals surface area contributed by atoms with Crippen molar-refractivity contribution in [2.24, 2.45) is 7.05 Å². The number of aromatic nitrogens is 2. The van der Waals surface area contributed by atoms with Gasteiger partial charge in [0.05, 0.1) is 24.4 Å². The van der Waals surface area contributed by atoms with E-state index in [0.29, 0.717) is 11.3 Å². The van der Waals surface area contributed by atoms with Gasteiger partial charge in [0.15, 0.2) is 0 Å². The van der Waals surface area contributed by atoms with Crippen LogP contribution in [0.4, 0.5) is 5.69 Å². The van der Waals surface area contributed by atoms with E-state index in [4.69, 9.17) is 4.74 Å². The number of anilines is 1. The highest BCUT2D eigenvalue weighted by Crippen LogP contribution is 2.28. The van der Waals surface area contributed by atoms with E-state index in [1.807, 2.05) is 45.3 Å². The van der Waals surface area contributed by atoms with Crippen molar-refractivity contribution in [3.05, 3.63) is 41.2 Å². The maximum absolute atomic E-state index is 12.9. The van der Waals surface area contributed by atoms with Gasteiger partial charge in [-0.2, -0.15) is 5.10 Å². The SMILES string of the molecule is COc1ccc(N2CCCCC2)cc1C(=O)N[C@@H](C)c1cn(C)nc1C. The Morgan fingerprint density at radius 2 is 2.00 bits per heavy atom. The molecule has 1 aliphatic rings. The Morgan fingerprint density at radius 3 is 2.62 bits per heavy atom. The zero-order valence-corrected chi connectivity index (χ0v) is 16.1. The van der Waals surface area contributed by atoms with Gasteiger partial charge in [-0.25, -0.2) is 0 Å². The molecule has 2 heterocycles. The van der Waals surface area contributed by atoms with E-state index in [0.717, 1.165) is 30.0 Å². The summed E-state index contributed by atoms with van der Waals surface area (Å²) in [4.78, 5) is 15.3. The van der Waals surface area contributed by atoms with Crippen molar-refractivity contribution in [3.63, 3.8) is 0 Å². The molecule has 0 bridgehead atoms. The van der Waals surface area contributed by atoms with E-state index < -0.39 is 0 Å². The monoisotopic (exact) mass is 356 g/mol. The molecule has 1 amide bonds. The van der Waals surface area contributed by atoms with Crippen molar-refractivity contribution in [1.29, 1.82) is 0 Å². The summed E-state index contributed by atoms with van der Waals surface area (Å²) in [5, 5.41) is 7.44. The van der Waals surface area contributed by atoms with Gasteiger partial charge in [-0.1, -0.05) is 0 Å². The van der Waals surface area contributed by atoms with Crippen LogP contribution in [0.3, 0.4) is 0 Å². The van der Waals surface area contributed by atoms with Crippen molar-refractivity contribution in [2.75, 3.05) is 25.1 Å². The number of ether oxygens (including phenoxy) is 1. The van der Waals surface area contributed by atoms with Crippen LogP contribution in [0, 0.1) is 6.92 Å². The number of carbonyl (C=O) groups is 1. The summed E-state index contributed by atoms with van der Waals surface area (Å²) in [6.45, 7) is 6.01. The van der Waals surface area contributed by atoms with Crippen LogP contribution in [-0.2, 0) is 7.05 Å². The fourth-order valence-electron chi connectivity index (χ4n) is 3.62. The second kappa shape index (κ2) is 7.81. The van der Waals surface area contributed by atoms with Gasteiger partial charge in [0.2, 0.25) is 0 Å². The van der Waals surface area contributed by atoms with Gasteiger partial charge < -0.3 is 15.0 Å². The van der Waals surface area contributed by atoms with Gasteiger partial charge in [-0.15, -0.1) is 0 Å². The molecule has 1 aromatic heterocycles. The maximum Gasteiger partial charge on any atom is 0.255 e. The van der Waals surface area contributed by atoms with Crippen LogP contribution < -0.4 is 15.0 Å². The van der Waals surface area contributed by atoms with E-state index >= 15 is 0 Å². The lowest BCUT2D eigenvalue weighted by atomic mass is 10.1. The number of piperidine rings is 1. The minimum absolute atomic E-state index is 0.125. The molecule has 1 atom stereocenters.